The largest absolute Gasteiger partial charge is 0.390 e. The summed E-state index contributed by atoms with van der Waals surface area (Å²) in [4.78, 5) is 3.98. The lowest BCUT2D eigenvalue weighted by Crippen LogP contribution is -2.40. The van der Waals surface area contributed by atoms with Gasteiger partial charge in [0.1, 0.15) is 5.60 Å². The first-order chi connectivity index (χ1) is 5.66. The van der Waals surface area contributed by atoms with Crippen molar-refractivity contribution in [2.45, 2.75) is 32.4 Å². The SMILES string of the molecule is [2H]C([2H])([2H])C(=C)C(C)(OO)C(C)O. The van der Waals surface area contributed by atoms with E-state index in [-0.39, 0.29) is 5.57 Å². The molecular formula is C7H14O3. The van der Waals surface area contributed by atoms with Crippen molar-refractivity contribution in [1.29, 1.82) is 0 Å². The minimum atomic E-state index is -2.46. The van der Waals surface area contributed by atoms with Crippen LogP contribution in [0.4, 0.5) is 0 Å². The van der Waals surface area contributed by atoms with Gasteiger partial charge in [0.25, 0.3) is 0 Å². The van der Waals surface area contributed by atoms with Gasteiger partial charge in [-0.2, -0.15) is 0 Å². The fourth-order valence-corrected chi connectivity index (χ4v) is 0.384. The maximum Gasteiger partial charge on any atom is 0.146 e. The van der Waals surface area contributed by atoms with E-state index < -0.39 is 18.6 Å². The molecule has 0 aliphatic heterocycles. The molecule has 0 aliphatic rings. The van der Waals surface area contributed by atoms with Gasteiger partial charge in [-0.1, -0.05) is 6.58 Å². The van der Waals surface area contributed by atoms with Crippen LogP contribution in [0.1, 0.15) is 24.8 Å². The Bertz CT molecular complexity index is 200. The van der Waals surface area contributed by atoms with Crippen LogP contribution in [0.25, 0.3) is 0 Å². The molecule has 3 heteroatoms. The molecule has 0 spiro atoms. The molecule has 0 saturated carbocycles. The van der Waals surface area contributed by atoms with Crippen LogP contribution >= 0.6 is 0 Å². The number of hydrogen-bond donors (Lipinski definition) is 2. The summed E-state index contributed by atoms with van der Waals surface area (Å²) in [6.07, 6.45) is -1.16. The lowest BCUT2D eigenvalue weighted by atomic mass is 9.93. The second kappa shape index (κ2) is 3.14. The van der Waals surface area contributed by atoms with E-state index in [0.717, 1.165) is 0 Å². The Kier molecular flexibility index (Phi) is 1.66. The predicted octanol–water partition coefficient (Wildman–Crippen LogP) is 1.19. The zero-order valence-electron chi connectivity index (χ0n) is 9.09. The third-order valence-electron chi connectivity index (χ3n) is 1.59. The third-order valence-corrected chi connectivity index (χ3v) is 1.59. The molecule has 60 valence electrons. The number of hydrogen-bond acceptors (Lipinski definition) is 3. The molecule has 0 saturated heterocycles. The molecule has 0 heterocycles. The molecule has 2 unspecified atom stereocenters. The van der Waals surface area contributed by atoms with Crippen molar-refractivity contribution >= 4 is 0 Å². The Labute approximate surface area is 65.1 Å². The maximum absolute atomic E-state index is 9.21. The van der Waals surface area contributed by atoms with Crippen LogP contribution in [-0.4, -0.2) is 22.1 Å². The van der Waals surface area contributed by atoms with Gasteiger partial charge in [0, 0.05) is 4.11 Å². The molecule has 0 rings (SSSR count). The summed E-state index contributed by atoms with van der Waals surface area (Å²) < 4.78 is 21.1. The fourth-order valence-electron chi connectivity index (χ4n) is 0.384. The van der Waals surface area contributed by atoms with Gasteiger partial charge in [-0.05, 0) is 26.3 Å². The van der Waals surface area contributed by atoms with Crippen LogP contribution in [0.3, 0.4) is 0 Å². The smallest absolute Gasteiger partial charge is 0.146 e. The molecule has 0 aromatic carbocycles. The summed E-state index contributed by atoms with van der Waals surface area (Å²) >= 11 is 0. The van der Waals surface area contributed by atoms with Gasteiger partial charge < -0.3 is 5.11 Å². The highest BCUT2D eigenvalue weighted by Crippen LogP contribution is 2.22. The fraction of sp³-hybridized carbons (Fsp3) is 0.714. The number of aliphatic hydroxyl groups excluding tert-OH is 1. The van der Waals surface area contributed by atoms with Gasteiger partial charge in [0.2, 0.25) is 0 Å². The summed E-state index contributed by atoms with van der Waals surface area (Å²) in [7, 11) is 0. The van der Waals surface area contributed by atoms with Crippen molar-refractivity contribution in [3.63, 3.8) is 0 Å². The highest BCUT2D eigenvalue weighted by Gasteiger charge is 2.32. The molecule has 0 aliphatic carbocycles. The molecule has 2 atom stereocenters. The first-order valence-electron chi connectivity index (χ1n) is 4.36. The number of aliphatic hydroxyl groups is 1. The van der Waals surface area contributed by atoms with Crippen molar-refractivity contribution in [1.82, 2.24) is 0 Å². The van der Waals surface area contributed by atoms with Crippen LogP contribution in [0.15, 0.2) is 12.2 Å². The second-order valence-corrected chi connectivity index (χ2v) is 2.35. The van der Waals surface area contributed by atoms with Crippen LogP contribution in [0, 0.1) is 0 Å². The summed E-state index contributed by atoms with van der Waals surface area (Å²) in [5.74, 6) is 0. The second-order valence-electron chi connectivity index (χ2n) is 2.35. The normalized spacial score (nSPS) is 25.4. The average Bonchev–Trinajstić information content (AvgIpc) is 1.99. The monoisotopic (exact) mass is 149 g/mol. The summed E-state index contributed by atoms with van der Waals surface area (Å²) in [6.45, 7) is 3.39. The molecule has 0 fully saturated rings. The van der Waals surface area contributed by atoms with E-state index in [1.165, 1.54) is 13.8 Å². The standard InChI is InChI=1S/C7H14O3/c1-5(2)7(4,10-9)6(3)8/h6,8-9H,1H2,2-4H3/i2D3. The average molecular weight is 149 g/mol. The third kappa shape index (κ3) is 1.56. The highest BCUT2D eigenvalue weighted by molar-refractivity contribution is 5.10. The van der Waals surface area contributed by atoms with Crippen LogP contribution in [0.5, 0.6) is 0 Å². The van der Waals surface area contributed by atoms with Crippen LogP contribution in [0.2, 0.25) is 0 Å². The van der Waals surface area contributed by atoms with Crippen LogP contribution < -0.4 is 0 Å². The summed E-state index contributed by atoms with van der Waals surface area (Å²) in [6, 6.07) is 0. The minimum absolute atomic E-state index is 0.336. The van der Waals surface area contributed by atoms with E-state index in [1.807, 2.05) is 0 Å². The Morgan fingerprint density at radius 3 is 2.50 bits per heavy atom. The lowest BCUT2D eigenvalue weighted by Gasteiger charge is -2.28. The summed E-state index contributed by atoms with van der Waals surface area (Å²) in [5.41, 5.74) is -2.00. The first-order valence-corrected chi connectivity index (χ1v) is 2.86. The van der Waals surface area contributed by atoms with Gasteiger partial charge in [0.05, 0.1) is 6.10 Å². The Morgan fingerprint density at radius 2 is 2.40 bits per heavy atom. The Balaban J connectivity index is 4.89. The highest BCUT2D eigenvalue weighted by atomic mass is 17.1. The minimum Gasteiger partial charge on any atom is -0.390 e. The van der Waals surface area contributed by atoms with E-state index in [0.29, 0.717) is 0 Å². The van der Waals surface area contributed by atoms with Gasteiger partial charge in [-0.15, -0.1) is 0 Å². The zero-order valence-corrected chi connectivity index (χ0v) is 6.09. The van der Waals surface area contributed by atoms with E-state index in [9.17, 15) is 5.11 Å². The molecule has 0 radical (unpaired) electrons. The Morgan fingerprint density at radius 1 is 1.90 bits per heavy atom. The van der Waals surface area contributed by atoms with Crippen molar-refractivity contribution in [3.05, 3.63) is 12.2 Å². The molecule has 0 aromatic rings. The molecule has 10 heavy (non-hydrogen) atoms. The Hall–Kier alpha value is -0.380. The van der Waals surface area contributed by atoms with E-state index >= 15 is 0 Å². The van der Waals surface area contributed by atoms with E-state index in [4.69, 9.17) is 9.37 Å². The topological polar surface area (TPSA) is 49.7 Å². The molecule has 2 N–H and O–H groups in total. The van der Waals surface area contributed by atoms with E-state index in [2.05, 4.69) is 11.5 Å². The van der Waals surface area contributed by atoms with Gasteiger partial charge in [-0.25, -0.2) is 4.89 Å². The quantitative estimate of drug-likeness (QED) is 0.360. The first kappa shape index (κ1) is 5.29. The molecule has 0 aromatic heterocycles. The molecular weight excluding hydrogens is 132 g/mol. The van der Waals surface area contributed by atoms with Crippen molar-refractivity contribution < 1.29 is 19.4 Å². The summed E-state index contributed by atoms with van der Waals surface area (Å²) in [5, 5.41) is 17.7. The molecule has 0 amide bonds. The molecule has 3 nitrogen and oxygen atoms in total. The maximum atomic E-state index is 9.21. The van der Waals surface area contributed by atoms with Crippen molar-refractivity contribution in [2.75, 3.05) is 0 Å². The van der Waals surface area contributed by atoms with Crippen LogP contribution in [-0.2, 0) is 4.89 Å². The number of rotatable bonds is 3. The van der Waals surface area contributed by atoms with Gasteiger partial charge in [-0.3, -0.25) is 5.26 Å². The van der Waals surface area contributed by atoms with Crippen molar-refractivity contribution in [3.8, 4) is 0 Å². The predicted molar refractivity (Wildman–Crippen MR) is 38.6 cm³/mol. The zero-order chi connectivity index (χ0) is 10.9. The van der Waals surface area contributed by atoms with Gasteiger partial charge >= 0.3 is 0 Å². The van der Waals surface area contributed by atoms with Gasteiger partial charge in [0.15, 0.2) is 0 Å². The van der Waals surface area contributed by atoms with Crippen molar-refractivity contribution in [2.24, 2.45) is 0 Å². The van der Waals surface area contributed by atoms with E-state index in [1.54, 1.807) is 0 Å². The lowest BCUT2D eigenvalue weighted by molar-refractivity contribution is -0.324. The molecule has 0 bridgehead atoms.